The van der Waals surface area contributed by atoms with Crippen molar-refractivity contribution >= 4 is 23.2 Å². The number of aromatic nitrogens is 1. The summed E-state index contributed by atoms with van der Waals surface area (Å²) in [7, 11) is 0. The first-order valence-corrected chi connectivity index (χ1v) is 10.3. The van der Waals surface area contributed by atoms with Crippen molar-refractivity contribution in [1.82, 2.24) is 14.8 Å². The van der Waals surface area contributed by atoms with Gasteiger partial charge >= 0.3 is 0 Å². The molecule has 3 rings (SSSR count). The number of benzene rings is 1. The van der Waals surface area contributed by atoms with Crippen LogP contribution in [-0.4, -0.2) is 65.9 Å². The number of anilines is 2. The molecule has 0 radical (unpaired) electrons. The van der Waals surface area contributed by atoms with Gasteiger partial charge in [-0.2, -0.15) is 0 Å². The molecule has 2 aromatic rings. The van der Waals surface area contributed by atoms with Gasteiger partial charge in [0.1, 0.15) is 0 Å². The van der Waals surface area contributed by atoms with Gasteiger partial charge in [-0.3, -0.25) is 19.5 Å². The van der Waals surface area contributed by atoms with Gasteiger partial charge in [-0.1, -0.05) is 18.7 Å². The molecular formula is C23H29N5O2. The number of hydrogen-bond acceptors (Lipinski definition) is 5. The number of para-hydroxylation sites is 1. The third-order valence-corrected chi connectivity index (χ3v) is 5.36. The average Bonchev–Trinajstić information content (AvgIpc) is 2.79. The van der Waals surface area contributed by atoms with Crippen molar-refractivity contribution in [1.29, 1.82) is 0 Å². The van der Waals surface area contributed by atoms with Crippen LogP contribution >= 0.6 is 0 Å². The van der Waals surface area contributed by atoms with Crippen molar-refractivity contribution < 1.29 is 9.59 Å². The molecule has 1 aromatic carbocycles. The van der Waals surface area contributed by atoms with Gasteiger partial charge in [0.25, 0.3) is 5.91 Å². The van der Waals surface area contributed by atoms with Gasteiger partial charge < -0.3 is 15.5 Å². The number of amides is 2. The van der Waals surface area contributed by atoms with E-state index in [2.05, 4.69) is 16.5 Å². The number of nitrogen functional groups attached to an aromatic ring is 1. The molecule has 158 valence electrons. The first kappa shape index (κ1) is 21.5. The number of rotatable bonds is 8. The van der Waals surface area contributed by atoms with Crippen molar-refractivity contribution in [3.63, 3.8) is 0 Å². The number of piperazine rings is 1. The van der Waals surface area contributed by atoms with Crippen LogP contribution in [0.1, 0.15) is 23.2 Å². The molecular weight excluding hydrogens is 378 g/mol. The smallest absolute Gasteiger partial charge is 0.256 e. The molecule has 1 aliphatic heterocycles. The Morgan fingerprint density at radius 1 is 1.10 bits per heavy atom. The zero-order chi connectivity index (χ0) is 21.3. The molecule has 1 fully saturated rings. The molecule has 2 N–H and O–H groups in total. The zero-order valence-electron chi connectivity index (χ0n) is 17.2. The maximum Gasteiger partial charge on any atom is 0.256 e. The average molecular weight is 408 g/mol. The highest BCUT2D eigenvalue weighted by Gasteiger charge is 2.23. The maximum absolute atomic E-state index is 12.7. The summed E-state index contributed by atoms with van der Waals surface area (Å²) in [5, 5.41) is 0. The van der Waals surface area contributed by atoms with Gasteiger partial charge in [0.15, 0.2) is 0 Å². The molecule has 7 heteroatoms. The van der Waals surface area contributed by atoms with Crippen molar-refractivity contribution in [2.24, 2.45) is 0 Å². The van der Waals surface area contributed by atoms with Crippen LogP contribution in [0, 0.1) is 0 Å². The normalized spacial score (nSPS) is 14.3. The van der Waals surface area contributed by atoms with E-state index in [1.54, 1.807) is 29.4 Å². The minimum absolute atomic E-state index is 0.00259. The monoisotopic (exact) mass is 407 g/mol. The van der Waals surface area contributed by atoms with E-state index in [4.69, 9.17) is 5.73 Å². The molecule has 0 unspecified atom stereocenters. The number of nitrogens with zero attached hydrogens (tertiary/aromatic N) is 4. The van der Waals surface area contributed by atoms with E-state index in [0.717, 1.165) is 38.2 Å². The fourth-order valence-corrected chi connectivity index (χ4v) is 3.63. The van der Waals surface area contributed by atoms with Crippen LogP contribution in [0.15, 0.2) is 61.4 Å². The molecule has 1 saturated heterocycles. The fraction of sp³-hybridized carbons (Fsp3) is 0.348. The second-order valence-corrected chi connectivity index (χ2v) is 7.33. The lowest BCUT2D eigenvalue weighted by molar-refractivity contribution is -0.114. The van der Waals surface area contributed by atoms with E-state index in [-0.39, 0.29) is 11.8 Å². The van der Waals surface area contributed by atoms with Gasteiger partial charge in [0.2, 0.25) is 5.91 Å². The summed E-state index contributed by atoms with van der Waals surface area (Å²) in [6.07, 6.45) is 6.57. The summed E-state index contributed by atoms with van der Waals surface area (Å²) < 4.78 is 0. The van der Waals surface area contributed by atoms with E-state index < -0.39 is 0 Å². The Bertz CT molecular complexity index is 863. The number of nitrogens with two attached hydrogens (primary N) is 1. The number of carbonyl (C=O) groups is 2. The molecule has 0 atom stereocenters. The van der Waals surface area contributed by atoms with Gasteiger partial charge in [0, 0.05) is 44.6 Å². The van der Waals surface area contributed by atoms with E-state index >= 15 is 0 Å². The van der Waals surface area contributed by atoms with Crippen molar-refractivity contribution in [2.45, 2.75) is 12.8 Å². The Morgan fingerprint density at radius 2 is 1.87 bits per heavy atom. The Labute approximate surface area is 177 Å². The van der Waals surface area contributed by atoms with Crippen LogP contribution < -0.4 is 10.6 Å². The molecule has 0 aliphatic carbocycles. The molecule has 0 bridgehead atoms. The molecule has 1 aromatic heterocycles. The molecule has 7 nitrogen and oxygen atoms in total. The zero-order valence-corrected chi connectivity index (χ0v) is 17.2. The number of pyridine rings is 1. The summed E-state index contributed by atoms with van der Waals surface area (Å²) >= 11 is 0. The third kappa shape index (κ3) is 5.45. The van der Waals surface area contributed by atoms with Crippen molar-refractivity contribution in [3.8, 4) is 0 Å². The predicted molar refractivity (Wildman–Crippen MR) is 119 cm³/mol. The van der Waals surface area contributed by atoms with Gasteiger partial charge in [0.05, 0.1) is 17.4 Å². The number of hydrogen-bond donors (Lipinski definition) is 1. The molecule has 2 amide bonds. The summed E-state index contributed by atoms with van der Waals surface area (Å²) in [6.45, 7) is 8.25. The summed E-state index contributed by atoms with van der Waals surface area (Å²) in [5.74, 6) is -0.113. The quantitative estimate of drug-likeness (QED) is 0.413. The van der Waals surface area contributed by atoms with E-state index in [1.807, 2.05) is 29.2 Å². The highest BCUT2D eigenvalue weighted by molar-refractivity contribution is 6.01. The van der Waals surface area contributed by atoms with Crippen LogP contribution in [-0.2, 0) is 4.79 Å². The van der Waals surface area contributed by atoms with Gasteiger partial charge in [-0.05, 0) is 49.7 Å². The molecule has 0 saturated carbocycles. The predicted octanol–water partition coefficient (Wildman–Crippen LogP) is 2.42. The lowest BCUT2D eigenvalue weighted by Gasteiger charge is -2.35. The molecule has 0 spiro atoms. The lowest BCUT2D eigenvalue weighted by Crippen LogP contribution is -2.49. The highest BCUT2D eigenvalue weighted by Crippen LogP contribution is 2.16. The van der Waals surface area contributed by atoms with E-state index in [1.165, 1.54) is 6.08 Å². The summed E-state index contributed by atoms with van der Waals surface area (Å²) in [6, 6.07) is 10.9. The van der Waals surface area contributed by atoms with Crippen molar-refractivity contribution in [3.05, 3.63) is 67.0 Å². The summed E-state index contributed by atoms with van der Waals surface area (Å²) in [4.78, 5) is 34.9. The van der Waals surface area contributed by atoms with Crippen LogP contribution in [0.25, 0.3) is 0 Å². The molecule has 2 heterocycles. The van der Waals surface area contributed by atoms with Gasteiger partial charge in [-0.15, -0.1) is 0 Å². The topological polar surface area (TPSA) is 82.8 Å². The Morgan fingerprint density at radius 3 is 2.53 bits per heavy atom. The largest absolute Gasteiger partial charge is 0.398 e. The first-order valence-electron chi connectivity index (χ1n) is 10.3. The fourth-order valence-electron chi connectivity index (χ4n) is 3.63. The minimum atomic E-state index is -0.115. The first-order chi connectivity index (χ1) is 14.6. The lowest BCUT2D eigenvalue weighted by atomic mass is 10.1. The Balaban J connectivity index is 1.42. The van der Waals surface area contributed by atoms with Crippen molar-refractivity contribution in [2.75, 3.05) is 49.9 Å². The number of carbonyl (C=O) groups excluding carboxylic acids is 2. The van der Waals surface area contributed by atoms with Gasteiger partial charge in [-0.25, -0.2) is 0 Å². The summed E-state index contributed by atoms with van der Waals surface area (Å²) in [5.41, 5.74) is 7.83. The van der Waals surface area contributed by atoms with Crippen LogP contribution in [0.5, 0.6) is 0 Å². The van der Waals surface area contributed by atoms with Crippen LogP contribution in [0.4, 0.5) is 11.4 Å². The Kier molecular flexibility index (Phi) is 7.57. The second-order valence-electron chi connectivity index (χ2n) is 7.33. The SMILES string of the molecule is C=CC(=O)N(CCCCN1CCN(C(=O)c2ccccc2N)CC1)c1cccnc1. The third-order valence-electron chi connectivity index (χ3n) is 5.36. The van der Waals surface area contributed by atoms with Crippen LogP contribution in [0.3, 0.4) is 0 Å². The minimum Gasteiger partial charge on any atom is -0.398 e. The van der Waals surface area contributed by atoms with Crippen LogP contribution in [0.2, 0.25) is 0 Å². The standard InChI is InChI=1S/C23H29N5O2/c1-2-22(29)28(19-8-7-11-25-18-19)13-6-5-12-26-14-16-27(17-15-26)23(30)20-9-3-4-10-21(20)24/h2-4,7-11,18H,1,5-6,12-17,24H2. The molecule has 30 heavy (non-hydrogen) atoms. The van der Waals surface area contributed by atoms with E-state index in [0.29, 0.717) is 30.9 Å². The number of unbranched alkanes of at least 4 members (excludes halogenated alkanes) is 1. The maximum atomic E-state index is 12.7. The van der Waals surface area contributed by atoms with E-state index in [9.17, 15) is 9.59 Å². The molecule has 1 aliphatic rings. The second kappa shape index (κ2) is 10.5. The Hall–Kier alpha value is -3.19. The highest BCUT2D eigenvalue weighted by atomic mass is 16.2.